The molecule has 1 aromatic carbocycles. The molecule has 0 aliphatic carbocycles. The van der Waals surface area contributed by atoms with E-state index in [1.807, 2.05) is 20.8 Å². The van der Waals surface area contributed by atoms with Gasteiger partial charge in [-0.1, -0.05) is 15.9 Å². The van der Waals surface area contributed by atoms with Gasteiger partial charge in [-0.15, -0.1) is 0 Å². The number of amides is 1. The van der Waals surface area contributed by atoms with Crippen LogP contribution in [0.15, 0.2) is 27.5 Å². The van der Waals surface area contributed by atoms with E-state index < -0.39 is 17.1 Å². The Balaban J connectivity index is 1.70. The number of halogens is 2. The van der Waals surface area contributed by atoms with Gasteiger partial charge in [0.05, 0.1) is 5.69 Å². The molecule has 7 nitrogen and oxygen atoms in total. The topological polar surface area (TPSA) is 80.2 Å². The van der Waals surface area contributed by atoms with Crippen LogP contribution in [0.3, 0.4) is 0 Å². The van der Waals surface area contributed by atoms with Gasteiger partial charge < -0.3 is 9.64 Å². The molecule has 1 amide bonds. The number of hydrogen-bond acceptors (Lipinski definition) is 4. The van der Waals surface area contributed by atoms with Crippen molar-refractivity contribution >= 4 is 22.0 Å². The predicted molar refractivity (Wildman–Crippen MR) is 96.8 cm³/mol. The van der Waals surface area contributed by atoms with Gasteiger partial charge in [0.15, 0.2) is 0 Å². The van der Waals surface area contributed by atoms with E-state index in [1.165, 1.54) is 16.7 Å². The maximum atomic E-state index is 14.2. The van der Waals surface area contributed by atoms with Crippen molar-refractivity contribution in [2.45, 2.75) is 32.8 Å². The third-order valence-corrected chi connectivity index (χ3v) is 4.47. The number of benzene rings is 1. The third kappa shape index (κ3) is 3.98. The predicted octanol–water partition coefficient (Wildman–Crippen LogP) is 2.87. The molecular weight excluding hydrogens is 407 g/mol. The van der Waals surface area contributed by atoms with Crippen LogP contribution in [0.5, 0.6) is 0 Å². The fourth-order valence-electron chi connectivity index (χ4n) is 2.81. The molecule has 1 aliphatic rings. The Morgan fingerprint density at radius 3 is 2.73 bits per heavy atom. The van der Waals surface area contributed by atoms with E-state index in [9.17, 15) is 14.0 Å². The van der Waals surface area contributed by atoms with E-state index in [2.05, 4.69) is 26.1 Å². The molecule has 1 aliphatic heterocycles. The van der Waals surface area contributed by atoms with Gasteiger partial charge in [0.1, 0.15) is 17.2 Å². The summed E-state index contributed by atoms with van der Waals surface area (Å²) in [6.45, 7) is 6.48. The summed E-state index contributed by atoms with van der Waals surface area (Å²) in [5, 5.41) is 6.39. The lowest BCUT2D eigenvalue weighted by Crippen LogP contribution is -2.52. The average molecular weight is 427 g/mol. The minimum Gasteiger partial charge on any atom is -0.444 e. The van der Waals surface area contributed by atoms with Crippen LogP contribution in [0.4, 0.5) is 9.18 Å². The van der Waals surface area contributed by atoms with Crippen LogP contribution in [0.25, 0.3) is 5.69 Å². The lowest BCUT2D eigenvalue weighted by atomic mass is 9.96. The Bertz CT molecular complexity index is 881. The molecule has 1 fully saturated rings. The highest BCUT2D eigenvalue weighted by Crippen LogP contribution is 2.24. The van der Waals surface area contributed by atoms with Crippen LogP contribution in [0, 0.1) is 11.7 Å². The Morgan fingerprint density at radius 2 is 2.12 bits per heavy atom. The number of nitrogens with zero attached hydrogens (tertiary/aromatic N) is 3. The van der Waals surface area contributed by atoms with E-state index in [1.54, 1.807) is 11.0 Å². The lowest BCUT2D eigenvalue weighted by Gasteiger charge is -2.39. The summed E-state index contributed by atoms with van der Waals surface area (Å²) in [4.78, 5) is 25.7. The number of H-pyrrole nitrogens is 1. The van der Waals surface area contributed by atoms with Crippen LogP contribution in [-0.4, -0.2) is 44.4 Å². The summed E-state index contributed by atoms with van der Waals surface area (Å²) in [6.07, 6.45) is 0.0974. The highest BCUT2D eigenvalue weighted by atomic mass is 79.9. The van der Waals surface area contributed by atoms with Crippen LogP contribution in [-0.2, 0) is 11.2 Å². The molecule has 0 radical (unpaired) electrons. The van der Waals surface area contributed by atoms with Gasteiger partial charge in [-0.05, 0) is 39.0 Å². The first-order valence-corrected chi connectivity index (χ1v) is 9.03. The zero-order valence-corrected chi connectivity index (χ0v) is 16.3. The van der Waals surface area contributed by atoms with Gasteiger partial charge in [0.25, 0.3) is 0 Å². The molecule has 2 heterocycles. The van der Waals surface area contributed by atoms with Gasteiger partial charge in [-0.2, -0.15) is 5.10 Å². The van der Waals surface area contributed by atoms with E-state index in [4.69, 9.17) is 4.74 Å². The van der Waals surface area contributed by atoms with E-state index in [0.29, 0.717) is 29.8 Å². The smallest absolute Gasteiger partial charge is 0.410 e. The Labute approximate surface area is 158 Å². The van der Waals surface area contributed by atoms with Crippen LogP contribution in [0.2, 0.25) is 0 Å². The molecule has 0 unspecified atom stereocenters. The molecule has 140 valence electrons. The summed E-state index contributed by atoms with van der Waals surface area (Å²) in [6, 6.07) is 4.48. The number of aromatic amines is 1. The molecule has 1 N–H and O–H groups in total. The fraction of sp³-hybridized carbons (Fsp3) is 0.471. The highest BCUT2D eigenvalue weighted by Gasteiger charge is 2.34. The van der Waals surface area contributed by atoms with E-state index >= 15 is 0 Å². The number of aromatic nitrogens is 3. The second kappa shape index (κ2) is 6.86. The summed E-state index contributed by atoms with van der Waals surface area (Å²) in [5.74, 6) is 0.0492. The molecular formula is C17H20BrFN4O3. The van der Waals surface area contributed by atoms with Crippen LogP contribution < -0.4 is 5.69 Å². The van der Waals surface area contributed by atoms with Crippen LogP contribution in [0.1, 0.15) is 26.6 Å². The standard InChI is InChI=1S/C17H20BrFN4O3/c1-17(2,3)26-16(25)22-8-10(9-22)6-14-20-21-15(24)23(14)13-5-4-11(18)7-12(13)19/h4-5,7,10H,6,8-9H2,1-3H3,(H,21,24). The minimum absolute atomic E-state index is 0.134. The monoisotopic (exact) mass is 426 g/mol. The zero-order valence-electron chi connectivity index (χ0n) is 14.8. The Hall–Kier alpha value is -2.16. The quantitative estimate of drug-likeness (QED) is 0.817. The number of ether oxygens (including phenoxy) is 1. The summed E-state index contributed by atoms with van der Waals surface area (Å²) < 4.78 is 21.4. The molecule has 0 atom stereocenters. The molecule has 1 saturated heterocycles. The Kier molecular flexibility index (Phi) is 4.92. The molecule has 26 heavy (non-hydrogen) atoms. The number of carbonyl (C=O) groups is 1. The van der Waals surface area contributed by atoms with Crippen molar-refractivity contribution in [3.63, 3.8) is 0 Å². The van der Waals surface area contributed by atoms with Crippen LogP contribution >= 0.6 is 15.9 Å². The summed E-state index contributed by atoms with van der Waals surface area (Å²) in [5.41, 5.74) is -0.890. The molecule has 9 heteroatoms. The minimum atomic E-state index is -0.538. The first-order valence-electron chi connectivity index (χ1n) is 8.23. The summed E-state index contributed by atoms with van der Waals surface area (Å²) in [7, 11) is 0. The molecule has 3 rings (SSSR count). The molecule has 2 aromatic rings. The number of hydrogen-bond donors (Lipinski definition) is 1. The molecule has 0 spiro atoms. The highest BCUT2D eigenvalue weighted by molar-refractivity contribution is 9.10. The van der Waals surface area contributed by atoms with Crippen molar-refractivity contribution < 1.29 is 13.9 Å². The fourth-order valence-corrected chi connectivity index (χ4v) is 3.14. The van der Waals surface area contributed by atoms with Gasteiger partial charge in [-0.25, -0.2) is 23.6 Å². The largest absolute Gasteiger partial charge is 0.444 e. The van der Waals surface area contributed by atoms with E-state index in [-0.39, 0.29) is 17.7 Å². The lowest BCUT2D eigenvalue weighted by molar-refractivity contribution is -0.00119. The summed E-state index contributed by atoms with van der Waals surface area (Å²) >= 11 is 3.20. The zero-order chi connectivity index (χ0) is 19.1. The number of likely N-dealkylation sites (tertiary alicyclic amines) is 1. The second-order valence-electron chi connectivity index (χ2n) is 7.33. The van der Waals surface area contributed by atoms with Crippen molar-refractivity contribution in [1.29, 1.82) is 0 Å². The van der Waals surface area contributed by atoms with Crippen molar-refractivity contribution in [1.82, 2.24) is 19.7 Å². The van der Waals surface area contributed by atoms with Crippen molar-refractivity contribution in [2.24, 2.45) is 5.92 Å². The first kappa shape index (κ1) is 18.6. The molecule has 1 aromatic heterocycles. The first-order chi connectivity index (χ1) is 12.1. The third-order valence-electron chi connectivity index (χ3n) is 3.97. The molecule has 0 saturated carbocycles. The molecule has 0 bridgehead atoms. The van der Waals surface area contributed by atoms with Crippen molar-refractivity contribution in [3.8, 4) is 5.69 Å². The van der Waals surface area contributed by atoms with Gasteiger partial charge in [0, 0.05) is 29.9 Å². The van der Waals surface area contributed by atoms with Gasteiger partial charge >= 0.3 is 11.8 Å². The second-order valence-corrected chi connectivity index (χ2v) is 8.25. The normalized spacial score (nSPS) is 15.0. The maximum absolute atomic E-state index is 14.2. The average Bonchev–Trinajstić information content (AvgIpc) is 2.81. The maximum Gasteiger partial charge on any atom is 0.410 e. The van der Waals surface area contributed by atoms with Crippen molar-refractivity contribution in [2.75, 3.05) is 13.1 Å². The van der Waals surface area contributed by atoms with Gasteiger partial charge in [0.2, 0.25) is 0 Å². The number of nitrogens with one attached hydrogen (secondary N) is 1. The van der Waals surface area contributed by atoms with Gasteiger partial charge in [-0.3, -0.25) is 0 Å². The van der Waals surface area contributed by atoms with E-state index in [0.717, 1.165) is 0 Å². The Morgan fingerprint density at radius 1 is 1.42 bits per heavy atom. The SMILES string of the molecule is CC(C)(C)OC(=O)N1CC(Cc2n[nH]c(=O)n2-c2ccc(Br)cc2F)C1. The number of rotatable bonds is 3. The van der Waals surface area contributed by atoms with Crippen molar-refractivity contribution in [3.05, 3.63) is 44.8 Å². The number of carbonyl (C=O) groups excluding carboxylic acids is 1.